The van der Waals surface area contributed by atoms with Gasteiger partial charge in [-0.3, -0.25) is 14.9 Å². The summed E-state index contributed by atoms with van der Waals surface area (Å²) in [5, 5.41) is 13.5. The Morgan fingerprint density at radius 1 is 1.27 bits per heavy atom. The highest BCUT2D eigenvalue weighted by atomic mass is 16.6. The van der Waals surface area contributed by atoms with Crippen LogP contribution < -0.4 is 10.2 Å². The molecule has 0 bridgehead atoms. The first-order valence-electron chi connectivity index (χ1n) is 7.50. The molecule has 22 heavy (non-hydrogen) atoms. The van der Waals surface area contributed by atoms with Gasteiger partial charge in [-0.2, -0.15) is 0 Å². The molecule has 1 N–H and O–H groups in total. The van der Waals surface area contributed by atoms with E-state index in [0.717, 1.165) is 31.6 Å². The van der Waals surface area contributed by atoms with Gasteiger partial charge in [0.25, 0.3) is 11.6 Å². The fourth-order valence-corrected chi connectivity index (χ4v) is 3.44. The molecule has 0 spiro atoms. The summed E-state index contributed by atoms with van der Waals surface area (Å²) in [6.45, 7) is 1.80. The highest BCUT2D eigenvalue weighted by Crippen LogP contribution is 2.37. The van der Waals surface area contributed by atoms with Crippen molar-refractivity contribution >= 4 is 17.3 Å². The number of hydrogen-bond acceptors (Lipinski definition) is 4. The quantitative estimate of drug-likeness (QED) is 0.528. The number of fused-ring (bicyclic) bond motifs is 1. The van der Waals surface area contributed by atoms with Crippen LogP contribution in [0.4, 0.5) is 11.4 Å². The van der Waals surface area contributed by atoms with E-state index in [0.29, 0.717) is 17.4 Å². The van der Waals surface area contributed by atoms with Gasteiger partial charge < -0.3 is 10.2 Å². The number of nitrogens with zero attached hydrogens (tertiary/aromatic N) is 2. The molecule has 116 valence electrons. The second-order valence-electron chi connectivity index (χ2n) is 5.91. The van der Waals surface area contributed by atoms with E-state index in [1.165, 1.54) is 12.1 Å². The van der Waals surface area contributed by atoms with Crippen LogP contribution in [0.25, 0.3) is 0 Å². The lowest BCUT2D eigenvalue weighted by atomic mass is 9.86. The molecule has 1 saturated heterocycles. The molecule has 2 unspecified atom stereocenters. The van der Waals surface area contributed by atoms with Crippen LogP contribution in [-0.2, 0) is 0 Å². The summed E-state index contributed by atoms with van der Waals surface area (Å²) in [6.07, 6.45) is 6.59. The first-order valence-corrected chi connectivity index (χ1v) is 7.50. The summed E-state index contributed by atoms with van der Waals surface area (Å²) in [5.41, 5.74) is 1.11. The third-order valence-corrected chi connectivity index (χ3v) is 4.62. The summed E-state index contributed by atoms with van der Waals surface area (Å²) < 4.78 is 0. The van der Waals surface area contributed by atoms with Gasteiger partial charge >= 0.3 is 0 Å². The van der Waals surface area contributed by atoms with Gasteiger partial charge in [-0.25, -0.2) is 0 Å². The number of nitro benzene ring substituents is 1. The van der Waals surface area contributed by atoms with Gasteiger partial charge in [0.15, 0.2) is 0 Å². The Kier molecular flexibility index (Phi) is 3.83. The third-order valence-electron chi connectivity index (χ3n) is 4.62. The summed E-state index contributed by atoms with van der Waals surface area (Å²) >= 11 is 0. The average Bonchev–Trinajstić information content (AvgIpc) is 2.97. The van der Waals surface area contributed by atoms with Gasteiger partial charge in [0, 0.05) is 32.3 Å². The van der Waals surface area contributed by atoms with Crippen LogP contribution in [0.3, 0.4) is 0 Å². The minimum absolute atomic E-state index is 0.0550. The number of nitrogens with one attached hydrogen (secondary N) is 1. The van der Waals surface area contributed by atoms with Gasteiger partial charge in [0.2, 0.25) is 0 Å². The van der Waals surface area contributed by atoms with E-state index in [2.05, 4.69) is 22.4 Å². The second-order valence-corrected chi connectivity index (χ2v) is 5.91. The number of allylic oxidation sites excluding steroid dienone is 2. The largest absolute Gasteiger partial charge is 0.370 e. The van der Waals surface area contributed by atoms with E-state index < -0.39 is 4.92 Å². The topological polar surface area (TPSA) is 75.5 Å². The SMILES string of the molecule is CNC(=O)c1cc([N+](=O)[O-])ccc1N1CC2CC=CCC2C1. The molecule has 2 atom stereocenters. The Morgan fingerprint density at radius 3 is 2.45 bits per heavy atom. The number of carbonyl (C=O) groups is 1. The Bertz CT molecular complexity index is 626. The molecule has 1 amide bonds. The number of hydrogen-bond donors (Lipinski definition) is 1. The predicted octanol–water partition coefficient (Wildman–Crippen LogP) is 2.36. The number of amides is 1. The van der Waals surface area contributed by atoms with Crippen molar-refractivity contribution in [2.24, 2.45) is 11.8 Å². The molecule has 1 aliphatic carbocycles. The van der Waals surface area contributed by atoms with E-state index in [-0.39, 0.29) is 11.6 Å². The maximum atomic E-state index is 12.1. The lowest BCUT2D eigenvalue weighted by Crippen LogP contribution is -2.26. The maximum Gasteiger partial charge on any atom is 0.270 e. The van der Waals surface area contributed by atoms with Crippen molar-refractivity contribution in [3.8, 4) is 0 Å². The van der Waals surface area contributed by atoms with Crippen LogP contribution in [0, 0.1) is 22.0 Å². The lowest BCUT2D eigenvalue weighted by Gasteiger charge is -2.21. The summed E-state index contributed by atoms with van der Waals surface area (Å²) in [7, 11) is 1.54. The van der Waals surface area contributed by atoms with Crippen molar-refractivity contribution in [2.75, 3.05) is 25.0 Å². The highest BCUT2D eigenvalue weighted by molar-refractivity contribution is 6.00. The number of nitro groups is 1. The number of carbonyl (C=O) groups excluding carboxylic acids is 1. The number of non-ortho nitro benzene ring substituents is 1. The third kappa shape index (κ3) is 2.56. The number of benzene rings is 1. The molecule has 1 heterocycles. The highest BCUT2D eigenvalue weighted by Gasteiger charge is 2.34. The van der Waals surface area contributed by atoms with Crippen molar-refractivity contribution in [3.63, 3.8) is 0 Å². The Labute approximate surface area is 129 Å². The van der Waals surface area contributed by atoms with Crippen LogP contribution >= 0.6 is 0 Å². The molecular formula is C16H19N3O3. The summed E-state index contributed by atoms with van der Waals surface area (Å²) in [5.74, 6) is 0.933. The van der Waals surface area contributed by atoms with E-state index in [4.69, 9.17) is 0 Å². The van der Waals surface area contributed by atoms with Crippen molar-refractivity contribution in [1.82, 2.24) is 5.32 Å². The fourth-order valence-electron chi connectivity index (χ4n) is 3.44. The second kappa shape index (κ2) is 5.79. The Hall–Kier alpha value is -2.37. The summed E-state index contributed by atoms with van der Waals surface area (Å²) in [4.78, 5) is 24.8. The normalized spacial score (nSPS) is 23.2. The molecule has 1 aliphatic heterocycles. The molecule has 1 aromatic rings. The summed E-state index contributed by atoms with van der Waals surface area (Å²) in [6, 6.07) is 4.55. The zero-order chi connectivity index (χ0) is 15.7. The van der Waals surface area contributed by atoms with Crippen LogP contribution in [0.1, 0.15) is 23.2 Å². The molecule has 1 aromatic carbocycles. The van der Waals surface area contributed by atoms with Crippen molar-refractivity contribution in [1.29, 1.82) is 0 Å². The van der Waals surface area contributed by atoms with Crippen molar-refractivity contribution in [3.05, 3.63) is 46.0 Å². The van der Waals surface area contributed by atoms with Crippen LogP contribution in [0.15, 0.2) is 30.4 Å². The van der Waals surface area contributed by atoms with E-state index in [9.17, 15) is 14.9 Å². The van der Waals surface area contributed by atoms with Gasteiger partial charge in [-0.15, -0.1) is 0 Å². The Balaban J connectivity index is 1.93. The predicted molar refractivity (Wildman–Crippen MR) is 84.1 cm³/mol. The Morgan fingerprint density at radius 2 is 1.91 bits per heavy atom. The first kappa shape index (κ1) is 14.6. The maximum absolute atomic E-state index is 12.1. The molecule has 2 aliphatic rings. The van der Waals surface area contributed by atoms with Gasteiger partial charge in [0.1, 0.15) is 0 Å². The van der Waals surface area contributed by atoms with Gasteiger partial charge in [0.05, 0.1) is 16.2 Å². The molecule has 0 saturated carbocycles. The molecule has 6 nitrogen and oxygen atoms in total. The van der Waals surface area contributed by atoms with E-state index >= 15 is 0 Å². The number of rotatable bonds is 3. The fraction of sp³-hybridized carbons (Fsp3) is 0.438. The molecule has 6 heteroatoms. The van der Waals surface area contributed by atoms with Gasteiger partial charge in [-0.05, 0) is 30.7 Å². The minimum Gasteiger partial charge on any atom is -0.370 e. The monoisotopic (exact) mass is 301 g/mol. The lowest BCUT2D eigenvalue weighted by molar-refractivity contribution is -0.384. The molecular weight excluding hydrogens is 282 g/mol. The minimum atomic E-state index is -0.468. The smallest absolute Gasteiger partial charge is 0.270 e. The molecule has 0 aromatic heterocycles. The standard InChI is InChI=1S/C16H19N3O3/c1-17-16(20)14-8-13(19(21)22)6-7-15(14)18-9-11-4-2-3-5-12(11)10-18/h2-3,6-8,11-12H,4-5,9-10H2,1H3,(H,17,20). The van der Waals surface area contributed by atoms with Crippen molar-refractivity contribution in [2.45, 2.75) is 12.8 Å². The first-order chi connectivity index (χ1) is 10.6. The average molecular weight is 301 g/mol. The molecule has 0 radical (unpaired) electrons. The van der Waals surface area contributed by atoms with Gasteiger partial charge in [-0.1, -0.05) is 12.2 Å². The number of anilines is 1. The van der Waals surface area contributed by atoms with E-state index in [1.807, 2.05) is 0 Å². The molecule has 3 rings (SSSR count). The molecule has 1 fully saturated rings. The zero-order valence-electron chi connectivity index (χ0n) is 12.5. The van der Waals surface area contributed by atoms with Crippen molar-refractivity contribution < 1.29 is 9.72 Å². The van der Waals surface area contributed by atoms with Crippen LogP contribution in [-0.4, -0.2) is 31.0 Å². The van der Waals surface area contributed by atoms with Crippen LogP contribution in [0.5, 0.6) is 0 Å². The van der Waals surface area contributed by atoms with Crippen LogP contribution in [0.2, 0.25) is 0 Å². The van der Waals surface area contributed by atoms with E-state index in [1.54, 1.807) is 13.1 Å². The zero-order valence-corrected chi connectivity index (χ0v) is 12.5.